The lowest BCUT2D eigenvalue weighted by atomic mass is 10.2. The topological polar surface area (TPSA) is 87.7 Å². The van der Waals surface area contributed by atoms with Crippen LogP contribution in [0.1, 0.15) is 36.0 Å². The van der Waals surface area contributed by atoms with Crippen LogP contribution in [0.3, 0.4) is 0 Å². The molecule has 2 rings (SSSR count). The molecule has 0 aromatic heterocycles. The average Bonchev–Trinajstić information content (AvgIpc) is 2.91. The molecule has 1 saturated heterocycles. The molecule has 1 aliphatic heterocycles. The number of carbonyl (C=O) groups is 1. The zero-order chi connectivity index (χ0) is 18.8. The first-order chi connectivity index (χ1) is 12.5. The third kappa shape index (κ3) is 6.68. The van der Waals surface area contributed by atoms with E-state index < -0.39 is 10.0 Å². The number of sulfonamides is 1. The Bertz CT molecular complexity index is 671. The third-order valence-corrected chi connectivity index (χ3v) is 5.88. The standard InChI is InChI=1S/C18H29N3O4S/c1-25-14-10-20-26(23,24)17-8-6-7-16(15-17)18(22)19-9-13-21-11-4-2-3-5-12-21/h6-8,15,20H,2-5,9-14H2,1H3,(H,19,22). The van der Waals surface area contributed by atoms with Crippen LogP contribution in [0, 0.1) is 0 Å². The van der Waals surface area contributed by atoms with Crippen LogP contribution >= 0.6 is 0 Å². The molecule has 1 amide bonds. The molecule has 0 atom stereocenters. The molecule has 0 unspecified atom stereocenters. The number of rotatable bonds is 9. The summed E-state index contributed by atoms with van der Waals surface area (Å²) in [6, 6.07) is 6.07. The Morgan fingerprint density at radius 3 is 2.58 bits per heavy atom. The average molecular weight is 384 g/mol. The van der Waals surface area contributed by atoms with Crippen molar-refractivity contribution in [2.45, 2.75) is 30.6 Å². The minimum absolute atomic E-state index is 0.0776. The first-order valence-corrected chi connectivity index (χ1v) is 10.6. The molecule has 7 nitrogen and oxygen atoms in total. The summed E-state index contributed by atoms with van der Waals surface area (Å²) in [5, 5.41) is 2.88. The summed E-state index contributed by atoms with van der Waals surface area (Å²) in [6.07, 6.45) is 4.99. The van der Waals surface area contributed by atoms with Gasteiger partial charge in [0.05, 0.1) is 11.5 Å². The number of amides is 1. The van der Waals surface area contributed by atoms with Crippen LogP contribution in [0.2, 0.25) is 0 Å². The van der Waals surface area contributed by atoms with E-state index in [1.807, 2.05) is 0 Å². The van der Waals surface area contributed by atoms with Gasteiger partial charge in [0, 0.05) is 32.3 Å². The number of benzene rings is 1. The highest BCUT2D eigenvalue weighted by molar-refractivity contribution is 7.89. The normalized spacial score (nSPS) is 16.2. The predicted octanol–water partition coefficient (Wildman–Crippen LogP) is 1.22. The zero-order valence-electron chi connectivity index (χ0n) is 15.4. The van der Waals surface area contributed by atoms with Gasteiger partial charge < -0.3 is 15.0 Å². The fraction of sp³-hybridized carbons (Fsp3) is 0.611. The second kappa shape index (κ2) is 10.6. The summed E-state index contributed by atoms with van der Waals surface area (Å²) in [7, 11) is -2.14. The van der Waals surface area contributed by atoms with Crippen LogP contribution < -0.4 is 10.0 Å². The molecule has 0 saturated carbocycles. The molecule has 0 aliphatic carbocycles. The number of nitrogens with one attached hydrogen (secondary N) is 2. The van der Waals surface area contributed by atoms with E-state index in [1.165, 1.54) is 44.9 Å². The minimum Gasteiger partial charge on any atom is -0.383 e. The highest BCUT2D eigenvalue weighted by Crippen LogP contribution is 2.12. The van der Waals surface area contributed by atoms with Crippen LogP contribution in [-0.4, -0.2) is 65.7 Å². The SMILES string of the molecule is COCCNS(=O)(=O)c1cccc(C(=O)NCCN2CCCCCC2)c1. The Labute approximate surface area is 156 Å². The summed E-state index contributed by atoms with van der Waals surface area (Å²) in [4.78, 5) is 14.8. The van der Waals surface area contributed by atoms with Crippen molar-refractivity contribution in [1.29, 1.82) is 0 Å². The first-order valence-electron chi connectivity index (χ1n) is 9.12. The monoisotopic (exact) mass is 383 g/mol. The van der Waals surface area contributed by atoms with Crippen molar-refractivity contribution >= 4 is 15.9 Å². The van der Waals surface area contributed by atoms with E-state index in [4.69, 9.17) is 4.74 Å². The summed E-state index contributed by atoms with van der Waals surface area (Å²) in [5.41, 5.74) is 0.343. The molecule has 1 heterocycles. The molecule has 0 radical (unpaired) electrons. The summed E-state index contributed by atoms with van der Waals surface area (Å²) < 4.78 is 31.7. The number of hydrogen-bond acceptors (Lipinski definition) is 5. The summed E-state index contributed by atoms with van der Waals surface area (Å²) in [6.45, 7) is 4.01. The Hall–Kier alpha value is -1.48. The molecule has 2 N–H and O–H groups in total. The lowest BCUT2D eigenvalue weighted by molar-refractivity contribution is 0.0948. The van der Waals surface area contributed by atoms with Crippen molar-refractivity contribution in [1.82, 2.24) is 14.9 Å². The lowest BCUT2D eigenvalue weighted by Crippen LogP contribution is -2.35. The first kappa shape index (κ1) is 20.8. The Morgan fingerprint density at radius 1 is 1.15 bits per heavy atom. The van der Waals surface area contributed by atoms with Gasteiger partial charge in [0.1, 0.15) is 0 Å². The van der Waals surface area contributed by atoms with Gasteiger partial charge in [0.2, 0.25) is 10.0 Å². The summed E-state index contributed by atoms with van der Waals surface area (Å²) in [5.74, 6) is -0.256. The van der Waals surface area contributed by atoms with E-state index in [9.17, 15) is 13.2 Å². The lowest BCUT2D eigenvalue weighted by Gasteiger charge is -2.19. The van der Waals surface area contributed by atoms with Crippen LogP contribution in [0.4, 0.5) is 0 Å². The van der Waals surface area contributed by atoms with Crippen LogP contribution in [-0.2, 0) is 14.8 Å². The van der Waals surface area contributed by atoms with Crippen LogP contribution in [0.15, 0.2) is 29.2 Å². The van der Waals surface area contributed by atoms with Crippen molar-refractivity contribution in [2.24, 2.45) is 0 Å². The number of hydrogen-bond donors (Lipinski definition) is 2. The highest BCUT2D eigenvalue weighted by atomic mass is 32.2. The fourth-order valence-corrected chi connectivity index (χ4v) is 4.01. The van der Waals surface area contributed by atoms with E-state index in [0.717, 1.165) is 19.6 Å². The smallest absolute Gasteiger partial charge is 0.251 e. The maximum atomic E-state index is 12.3. The van der Waals surface area contributed by atoms with E-state index in [1.54, 1.807) is 12.1 Å². The highest BCUT2D eigenvalue weighted by Gasteiger charge is 2.16. The molecule has 146 valence electrons. The van der Waals surface area contributed by atoms with E-state index in [0.29, 0.717) is 12.1 Å². The molecular weight excluding hydrogens is 354 g/mol. The van der Waals surface area contributed by atoms with Crippen molar-refractivity contribution in [3.63, 3.8) is 0 Å². The molecule has 1 fully saturated rings. The Morgan fingerprint density at radius 2 is 1.88 bits per heavy atom. The number of ether oxygens (including phenoxy) is 1. The number of methoxy groups -OCH3 is 1. The molecule has 1 aromatic rings. The quantitative estimate of drug-likeness (QED) is 0.626. The van der Waals surface area contributed by atoms with Crippen molar-refractivity contribution < 1.29 is 17.9 Å². The minimum atomic E-state index is -3.65. The largest absolute Gasteiger partial charge is 0.383 e. The second-order valence-corrected chi connectivity index (χ2v) is 8.20. The molecule has 0 spiro atoms. The van der Waals surface area contributed by atoms with Crippen molar-refractivity contribution in [2.75, 3.05) is 46.4 Å². The van der Waals surface area contributed by atoms with Gasteiger partial charge in [-0.3, -0.25) is 4.79 Å². The van der Waals surface area contributed by atoms with Crippen LogP contribution in [0.25, 0.3) is 0 Å². The van der Waals surface area contributed by atoms with Gasteiger partial charge in [-0.2, -0.15) is 0 Å². The third-order valence-electron chi connectivity index (χ3n) is 4.42. The Balaban J connectivity index is 1.88. The van der Waals surface area contributed by atoms with Gasteiger partial charge in [0.25, 0.3) is 5.91 Å². The number of nitrogens with zero attached hydrogens (tertiary/aromatic N) is 1. The van der Waals surface area contributed by atoms with Gasteiger partial charge in [0.15, 0.2) is 0 Å². The zero-order valence-corrected chi connectivity index (χ0v) is 16.2. The molecule has 8 heteroatoms. The number of carbonyl (C=O) groups excluding carboxylic acids is 1. The van der Waals surface area contributed by atoms with Gasteiger partial charge in [-0.15, -0.1) is 0 Å². The maximum Gasteiger partial charge on any atom is 0.251 e. The molecule has 1 aromatic carbocycles. The fourth-order valence-electron chi connectivity index (χ4n) is 2.96. The van der Waals surface area contributed by atoms with Gasteiger partial charge >= 0.3 is 0 Å². The molecule has 26 heavy (non-hydrogen) atoms. The van der Waals surface area contributed by atoms with E-state index >= 15 is 0 Å². The van der Waals surface area contributed by atoms with Crippen molar-refractivity contribution in [3.8, 4) is 0 Å². The predicted molar refractivity (Wildman–Crippen MR) is 101 cm³/mol. The number of likely N-dealkylation sites (tertiary alicyclic amines) is 1. The molecular formula is C18H29N3O4S. The second-order valence-electron chi connectivity index (χ2n) is 6.43. The van der Waals surface area contributed by atoms with E-state index in [2.05, 4.69) is 14.9 Å². The van der Waals surface area contributed by atoms with Crippen LogP contribution in [0.5, 0.6) is 0 Å². The maximum absolute atomic E-state index is 12.3. The summed E-state index contributed by atoms with van der Waals surface area (Å²) >= 11 is 0. The molecule has 1 aliphatic rings. The van der Waals surface area contributed by atoms with Gasteiger partial charge in [-0.25, -0.2) is 13.1 Å². The van der Waals surface area contributed by atoms with Crippen molar-refractivity contribution in [3.05, 3.63) is 29.8 Å². The Kier molecular flexibility index (Phi) is 8.50. The molecule has 0 bridgehead atoms. The van der Waals surface area contributed by atoms with Gasteiger partial charge in [-0.1, -0.05) is 18.9 Å². The van der Waals surface area contributed by atoms with E-state index in [-0.39, 0.29) is 24.0 Å². The van der Waals surface area contributed by atoms with Gasteiger partial charge in [-0.05, 0) is 44.1 Å².